The summed E-state index contributed by atoms with van der Waals surface area (Å²) in [6, 6.07) is 4.58. The second-order valence-corrected chi connectivity index (χ2v) is 9.42. The molecule has 0 bridgehead atoms. The van der Waals surface area contributed by atoms with E-state index in [0.29, 0.717) is 37.6 Å². The van der Waals surface area contributed by atoms with Gasteiger partial charge in [-0.3, -0.25) is 4.79 Å². The third-order valence-electron chi connectivity index (χ3n) is 5.86. The number of carbonyl (C=O) groups is 1. The molecule has 9 heteroatoms. The monoisotopic (exact) mass is 425 g/mol. The van der Waals surface area contributed by atoms with Crippen LogP contribution in [0.25, 0.3) is 0 Å². The smallest absolute Gasteiger partial charge is 0.243 e. The molecule has 0 aliphatic carbocycles. The van der Waals surface area contributed by atoms with Crippen molar-refractivity contribution in [1.29, 1.82) is 0 Å². The fraction of sp³-hybridized carbons (Fsp3) is 0.650. The molecule has 1 aromatic carbocycles. The van der Waals surface area contributed by atoms with Crippen molar-refractivity contribution < 1.29 is 22.7 Å². The number of methoxy groups -OCH3 is 2. The van der Waals surface area contributed by atoms with Gasteiger partial charge in [-0.1, -0.05) is 6.92 Å². The number of amides is 1. The molecular formula is C20H31N3O5S. The molecule has 1 aromatic rings. The third-order valence-corrected chi connectivity index (χ3v) is 7.72. The fourth-order valence-electron chi connectivity index (χ4n) is 4.03. The van der Waals surface area contributed by atoms with Crippen LogP contribution in [0.15, 0.2) is 23.1 Å². The van der Waals surface area contributed by atoms with Crippen LogP contribution in [0.3, 0.4) is 0 Å². The lowest BCUT2D eigenvalue weighted by molar-refractivity contribution is -0.138. The first-order valence-corrected chi connectivity index (χ1v) is 11.6. The van der Waals surface area contributed by atoms with Gasteiger partial charge in [-0.25, -0.2) is 8.42 Å². The number of piperazine rings is 1. The Morgan fingerprint density at radius 2 is 1.76 bits per heavy atom. The number of hydrogen-bond acceptors (Lipinski definition) is 6. The van der Waals surface area contributed by atoms with E-state index in [-0.39, 0.29) is 23.3 Å². The predicted molar refractivity (Wildman–Crippen MR) is 110 cm³/mol. The molecule has 1 amide bonds. The highest BCUT2D eigenvalue weighted by molar-refractivity contribution is 7.89. The van der Waals surface area contributed by atoms with E-state index in [1.165, 1.54) is 30.7 Å². The number of ether oxygens (including phenoxy) is 2. The fourth-order valence-corrected chi connectivity index (χ4v) is 5.57. The van der Waals surface area contributed by atoms with E-state index in [4.69, 9.17) is 9.47 Å². The largest absolute Gasteiger partial charge is 0.493 e. The van der Waals surface area contributed by atoms with Gasteiger partial charge in [-0.2, -0.15) is 4.31 Å². The van der Waals surface area contributed by atoms with Gasteiger partial charge in [0, 0.05) is 45.3 Å². The van der Waals surface area contributed by atoms with Gasteiger partial charge < -0.3 is 19.3 Å². The first-order valence-electron chi connectivity index (χ1n) is 10.1. The van der Waals surface area contributed by atoms with E-state index in [0.717, 1.165) is 26.1 Å². The Bertz CT molecular complexity index is 821. The number of benzene rings is 1. The van der Waals surface area contributed by atoms with Crippen LogP contribution in [0, 0.1) is 5.92 Å². The summed E-state index contributed by atoms with van der Waals surface area (Å²) in [6.45, 7) is 6.94. The Morgan fingerprint density at radius 1 is 1.07 bits per heavy atom. The summed E-state index contributed by atoms with van der Waals surface area (Å²) in [5.74, 6) is 0.635. The Labute approximate surface area is 173 Å². The SMILES string of the molecule is CCN1CCN(C(=O)[C@H]2CCCN(S(=O)(=O)c3ccc(OC)c(OC)c3)C2)CC1. The van der Waals surface area contributed by atoms with Gasteiger partial charge in [0.1, 0.15) is 0 Å². The zero-order valence-corrected chi connectivity index (χ0v) is 18.3. The van der Waals surface area contributed by atoms with Crippen LogP contribution in [-0.4, -0.2) is 88.5 Å². The van der Waals surface area contributed by atoms with Crippen LogP contribution in [0.1, 0.15) is 19.8 Å². The molecule has 0 unspecified atom stereocenters. The van der Waals surface area contributed by atoms with E-state index in [1.807, 2.05) is 4.90 Å². The van der Waals surface area contributed by atoms with Crippen LogP contribution in [0.2, 0.25) is 0 Å². The Morgan fingerprint density at radius 3 is 2.38 bits per heavy atom. The van der Waals surface area contributed by atoms with Gasteiger partial charge in [0.25, 0.3) is 0 Å². The second-order valence-electron chi connectivity index (χ2n) is 7.48. The summed E-state index contributed by atoms with van der Waals surface area (Å²) in [6.07, 6.45) is 1.41. The average molecular weight is 426 g/mol. The summed E-state index contributed by atoms with van der Waals surface area (Å²) in [4.78, 5) is 17.4. The van der Waals surface area contributed by atoms with Crippen LogP contribution < -0.4 is 9.47 Å². The third kappa shape index (κ3) is 4.67. The number of likely N-dealkylation sites (N-methyl/N-ethyl adjacent to an activating group) is 1. The normalized spacial score (nSPS) is 21.8. The van der Waals surface area contributed by atoms with E-state index >= 15 is 0 Å². The number of hydrogen-bond donors (Lipinski definition) is 0. The Hall–Kier alpha value is -1.84. The molecule has 2 fully saturated rings. The van der Waals surface area contributed by atoms with Crippen LogP contribution in [0.5, 0.6) is 11.5 Å². The Balaban J connectivity index is 1.72. The average Bonchev–Trinajstić information content (AvgIpc) is 2.78. The van der Waals surface area contributed by atoms with Crippen molar-refractivity contribution in [3.63, 3.8) is 0 Å². The molecular weight excluding hydrogens is 394 g/mol. The van der Waals surface area contributed by atoms with E-state index < -0.39 is 10.0 Å². The number of rotatable bonds is 6. The number of piperidine rings is 1. The van der Waals surface area contributed by atoms with Gasteiger partial charge >= 0.3 is 0 Å². The molecule has 29 heavy (non-hydrogen) atoms. The summed E-state index contributed by atoms with van der Waals surface area (Å²) >= 11 is 0. The molecule has 8 nitrogen and oxygen atoms in total. The van der Waals surface area contributed by atoms with Crippen molar-refractivity contribution in [2.45, 2.75) is 24.7 Å². The topological polar surface area (TPSA) is 79.4 Å². The number of sulfonamides is 1. The molecule has 3 rings (SSSR count). The second kappa shape index (κ2) is 9.32. The minimum atomic E-state index is -3.71. The molecule has 0 N–H and O–H groups in total. The zero-order chi connectivity index (χ0) is 21.0. The highest BCUT2D eigenvalue weighted by Crippen LogP contribution is 2.32. The summed E-state index contributed by atoms with van der Waals surface area (Å²) in [7, 11) is -0.729. The van der Waals surface area contributed by atoms with E-state index in [1.54, 1.807) is 6.07 Å². The van der Waals surface area contributed by atoms with Crippen molar-refractivity contribution in [3.05, 3.63) is 18.2 Å². The lowest BCUT2D eigenvalue weighted by Crippen LogP contribution is -2.52. The van der Waals surface area contributed by atoms with E-state index in [2.05, 4.69) is 11.8 Å². The maximum atomic E-state index is 13.2. The minimum absolute atomic E-state index is 0.0768. The van der Waals surface area contributed by atoms with Crippen molar-refractivity contribution in [2.75, 3.05) is 60.0 Å². The molecule has 2 heterocycles. The van der Waals surface area contributed by atoms with Crippen molar-refractivity contribution >= 4 is 15.9 Å². The molecule has 2 saturated heterocycles. The zero-order valence-electron chi connectivity index (χ0n) is 17.5. The standard InChI is InChI=1S/C20H31N3O5S/c1-4-21-10-12-22(13-11-21)20(24)16-6-5-9-23(15-16)29(25,26)17-7-8-18(27-2)19(14-17)28-3/h7-8,14,16H,4-6,9-13,15H2,1-3H3/t16-/m0/s1. The van der Waals surface area contributed by atoms with Gasteiger partial charge in [0.05, 0.1) is 25.0 Å². The molecule has 1 atom stereocenters. The molecule has 0 spiro atoms. The van der Waals surface area contributed by atoms with Gasteiger partial charge in [0.15, 0.2) is 11.5 Å². The summed E-state index contributed by atoms with van der Waals surface area (Å²) in [5.41, 5.74) is 0. The molecule has 0 radical (unpaired) electrons. The molecule has 0 aromatic heterocycles. The van der Waals surface area contributed by atoms with Crippen LogP contribution >= 0.6 is 0 Å². The van der Waals surface area contributed by atoms with Crippen molar-refractivity contribution in [2.24, 2.45) is 5.92 Å². The van der Waals surface area contributed by atoms with Gasteiger partial charge in [-0.05, 0) is 31.5 Å². The highest BCUT2D eigenvalue weighted by atomic mass is 32.2. The maximum absolute atomic E-state index is 13.2. The molecule has 0 saturated carbocycles. The van der Waals surface area contributed by atoms with Crippen LogP contribution in [0.4, 0.5) is 0 Å². The predicted octanol–water partition coefficient (Wildman–Crippen LogP) is 1.27. The summed E-state index contributed by atoms with van der Waals surface area (Å²) in [5, 5.41) is 0. The van der Waals surface area contributed by atoms with Gasteiger partial charge in [-0.15, -0.1) is 0 Å². The highest BCUT2D eigenvalue weighted by Gasteiger charge is 2.36. The van der Waals surface area contributed by atoms with E-state index in [9.17, 15) is 13.2 Å². The lowest BCUT2D eigenvalue weighted by Gasteiger charge is -2.38. The molecule has 2 aliphatic heterocycles. The van der Waals surface area contributed by atoms with Crippen molar-refractivity contribution in [3.8, 4) is 11.5 Å². The molecule has 2 aliphatic rings. The van der Waals surface area contributed by atoms with Crippen LogP contribution in [-0.2, 0) is 14.8 Å². The quantitative estimate of drug-likeness (QED) is 0.683. The summed E-state index contributed by atoms with van der Waals surface area (Å²) < 4.78 is 38.2. The maximum Gasteiger partial charge on any atom is 0.243 e. The first-order chi connectivity index (χ1) is 13.9. The van der Waals surface area contributed by atoms with Crippen molar-refractivity contribution in [1.82, 2.24) is 14.1 Å². The minimum Gasteiger partial charge on any atom is -0.493 e. The number of carbonyl (C=O) groups excluding carboxylic acids is 1. The lowest BCUT2D eigenvalue weighted by atomic mass is 9.98. The first kappa shape index (κ1) is 21.9. The molecule has 162 valence electrons. The Kier molecular flexibility index (Phi) is 7.02. The number of nitrogens with zero attached hydrogens (tertiary/aromatic N) is 3. The van der Waals surface area contributed by atoms with Gasteiger partial charge in [0.2, 0.25) is 15.9 Å².